The fourth-order valence-electron chi connectivity index (χ4n) is 2.31. The Hall–Kier alpha value is -0.130. The van der Waals surface area contributed by atoms with E-state index in [4.69, 9.17) is 0 Å². The first-order valence-electron chi connectivity index (χ1n) is 6.71. The largest absolute Gasteiger partial charge is 0.315 e. The minimum Gasteiger partial charge on any atom is -0.315 e. The van der Waals surface area contributed by atoms with E-state index in [2.05, 4.69) is 17.1 Å². The Labute approximate surface area is 106 Å². The standard InChI is InChI=1S/C12H26N2O2S/c1-3-8-17(15,16)9-6-13-10-12-5-7-14(4-2)11-12/h12-13H,3-11H2,1-2H3. The van der Waals surface area contributed by atoms with Gasteiger partial charge in [0, 0.05) is 18.8 Å². The van der Waals surface area contributed by atoms with Crippen molar-refractivity contribution in [1.29, 1.82) is 0 Å². The second-order valence-corrected chi connectivity index (χ2v) is 7.21. The summed E-state index contributed by atoms with van der Waals surface area (Å²) in [4.78, 5) is 2.44. The first-order chi connectivity index (χ1) is 8.07. The molecule has 0 aromatic rings. The fourth-order valence-corrected chi connectivity index (χ4v) is 3.60. The van der Waals surface area contributed by atoms with Crippen molar-refractivity contribution in [3.8, 4) is 0 Å². The fraction of sp³-hybridized carbons (Fsp3) is 1.00. The highest BCUT2D eigenvalue weighted by Gasteiger charge is 2.20. The molecule has 1 saturated heterocycles. The Kier molecular flexibility index (Phi) is 6.44. The zero-order valence-electron chi connectivity index (χ0n) is 11.1. The van der Waals surface area contributed by atoms with Crippen LogP contribution in [0.15, 0.2) is 0 Å². The Morgan fingerprint density at radius 2 is 2.06 bits per heavy atom. The molecule has 17 heavy (non-hydrogen) atoms. The molecule has 1 unspecified atom stereocenters. The van der Waals surface area contributed by atoms with Gasteiger partial charge in [-0.1, -0.05) is 13.8 Å². The summed E-state index contributed by atoms with van der Waals surface area (Å²) >= 11 is 0. The third-order valence-electron chi connectivity index (χ3n) is 3.36. The van der Waals surface area contributed by atoms with Crippen LogP contribution < -0.4 is 5.32 Å². The molecule has 102 valence electrons. The molecule has 1 N–H and O–H groups in total. The van der Waals surface area contributed by atoms with Crippen molar-refractivity contribution < 1.29 is 8.42 Å². The molecule has 5 heteroatoms. The van der Waals surface area contributed by atoms with Crippen LogP contribution in [-0.4, -0.2) is 57.5 Å². The predicted octanol–water partition coefficient (Wildman–Crippen LogP) is 0.743. The van der Waals surface area contributed by atoms with Crippen LogP contribution in [0.2, 0.25) is 0 Å². The molecule has 0 saturated carbocycles. The van der Waals surface area contributed by atoms with Gasteiger partial charge in [-0.25, -0.2) is 8.42 Å². The Morgan fingerprint density at radius 3 is 2.65 bits per heavy atom. The van der Waals surface area contributed by atoms with E-state index in [0.717, 1.165) is 26.1 Å². The summed E-state index contributed by atoms with van der Waals surface area (Å²) < 4.78 is 23.0. The van der Waals surface area contributed by atoms with E-state index < -0.39 is 9.84 Å². The minimum atomic E-state index is -2.82. The zero-order chi connectivity index (χ0) is 12.7. The van der Waals surface area contributed by atoms with E-state index in [9.17, 15) is 8.42 Å². The monoisotopic (exact) mass is 262 g/mol. The van der Waals surface area contributed by atoms with E-state index in [-0.39, 0.29) is 5.75 Å². The summed E-state index contributed by atoms with van der Waals surface area (Å²) in [7, 11) is -2.82. The number of hydrogen-bond acceptors (Lipinski definition) is 4. The second-order valence-electron chi connectivity index (χ2n) is 4.90. The SMILES string of the molecule is CCCS(=O)(=O)CCNCC1CCN(CC)C1. The number of sulfone groups is 1. The van der Waals surface area contributed by atoms with Gasteiger partial charge in [0.15, 0.2) is 9.84 Å². The van der Waals surface area contributed by atoms with Crippen LogP contribution in [0, 0.1) is 5.92 Å². The third-order valence-corrected chi connectivity index (χ3v) is 5.21. The van der Waals surface area contributed by atoms with Crippen molar-refractivity contribution in [3.05, 3.63) is 0 Å². The molecule has 1 fully saturated rings. The number of nitrogens with zero attached hydrogens (tertiary/aromatic N) is 1. The predicted molar refractivity (Wildman–Crippen MR) is 72.0 cm³/mol. The Morgan fingerprint density at radius 1 is 1.29 bits per heavy atom. The smallest absolute Gasteiger partial charge is 0.151 e. The highest BCUT2D eigenvalue weighted by Crippen LogP contribution is 2.14. The van der Waals surface area contributed by atoms with Crippen molar-refractivity contribution >= 4 is 9.84 Å². The van der Waals surface area contributed by atoms with E-state index in [1.807, 2.05) is 6.92 Å². The average molecular weight is 262 g/mol. The molecule has 1 aliphatic heterocycles. The molecule has 1 aliphatic rings. The summed E-state index contributed by atoms with van der Waals surface area (Å²) in [5.74, 6) is 1.30. The number of likely N-dealkylation sites (tertiary alicyclic amines) is 1. The molecular formula is C12H26N2O2S. The molecule has 0 spiro atoms. The maximum absolute atomic E-state index is 11.5. The van der Waals surface area contributed by atoms with Crippen molar-refractivity contribution in [3.63, 3.8) is 0 Å². The van der Waals surface area contributed by atoms with Crippen LogP contribution in [0.3, 0.4) is 0 Å². The topological polar surface area (TPSA) is 49.4 Å². The molecule has 0 amide bonds. The second kappa shape index (κ2) is 7.34. The molecule has 0 aromatic carbocycles. The van der Waals surface area contributed by atoms with Crippen molar-refractivity contribution in [1.82, 2.24) is 10.2 Å². The van der Waals surface area contributed by atoms with Gasteiger partial charge in [0.1, 0.15) is 0 Å². The summed E-state index contributed by atoms with van der Waals surface area (Å²) in [6.45, 7) is 9.13. The highest BCUT2D eigenvalue weighted by molar-refractivity contribution is 7.91. The van der Waals surface area contributed by atoms with Gasteiger partial charge in [0.2, 0.25) is 0 Å². The van der Waals surface area contributed by atoms with Crippen molar-refractivity contribution in [2.75, 3.05) is 44.2 Å². The molecule has 1 rings (SSSR count). The van der Waals surface area contributed by atoms with E-state index >= 15 is 0 Å². The van der Waals surface area contributed by atoms with E-state index in [1.165, 1.54) is 13.0 Å². The van der Waals surface area contributed by atoms with Crippen molar-refractivity contribution in [2.45, 2.75) is 26.7 Å². The van der Waals surface area contributed by atoms with Gasteiger partial charge in [0.05, 0.1) is 5.75 Å². The van der Waals surface area contributed by atoms with Gasteiger partial charge in [-0.15, -0.1) is 0 Å². The zero-order valence-corrected chi connectivity index (χ0v) is 11.9. The van der Waals surface area contributed by atoms with Gasteiger partial charge in [-0.2, -0.15) is 0 Å². The lowest BCUT2D eigenvalue weighted by Crippen LogP contribution is -2.30. The lowest BCUT2D eigenvalue weighted by molar-refractivity contribution is 0.339. The Bertz CT molecular complexity index is 304. The average Bonchev–Trinajstić information content (AvgIpc) is 2.72. The maximum atomic E-state index is 11.5. The van der Waals surface area contributed by atoms with Crippen LogP contribution in [0.1, 0.15) is 26.7 Å². The van der Waals surface area contributed by atoms with Crippen LogP contribution in [0.25, 0.3) is 0 Å². The number of rotatable bonds is 8. The van der Waals surface area contributed by atoms with Gasteiger partial charge >= 0.3 is 0 Å². The third kappa shape index (κ3) is 5.84. The first kappa shape index (κ1) is 14.9. The molecule has 0 aliphatic carbocycles. The number of hydrogen-bond donors (Lipinski definition) is 1. The molecule has 4 nitrogen and oxygen atoms in total. The summed E-state index contributed by atoms with van der Waals surface area (Å²) in [6.07, 6.45) is 1.96. The molecule has 1 atom stereocenters. The quantitative estimate of drug-likeness (QED) is 0.656. The minimum absolute atomic E-state index is 0.283. The normalized spacial score (nSPS) is 22.1. The first-order valence-corrected chi connectivity index (χ1v) is 8.53. The van der Waals surface area contributed by atoms with Gasteiger partial charge in [-0.3, -0.25) is 0 Å². The van der Waals surface area contributed by atoms with Gasteiger partial charge in [0.25, 0.3) is 0 Å². The summed E-state index contributed by atoms with van der Waals surface area (Å²) in [5, 5.41) is 3.28. The molecule has 1 heterocycles. The number of nitrogens with one attached hydrogen (secondary N) is 1. The maximum Gasteiger partial charge on any atom is 0.151 e. The van der Waals surface area contributed by atoms with Gasteiger partial charge < -0.3 is 10.2 Å². The highest BCUT2D eigenvalue weighted by atomic mass is 32.2. The molecule has 0 bridgehead atoms. The lowest BCUT2D eigenvalue weighted by atomic mass is 10.1. The summed E-state index contributed by atoms with van der Waals surface area (Å²) in [5.41, 5.74) is 0. The molecular weight excluding hydrogens is 236 g/mol. The van der Waals surface area contributed by atoms with Crippen LogP contribution in [0.5, 0.6) is 0 Å². The molecule has 0 radical (unpaired) electrons. The van der Waals surface area contributed by atoms with Crippen molar-refractivity contribution in [2.24, 2.45) is 5.92 Å². The Balaban J connectivity index is 2.09. The lowest BCUT2D eigenvalue weighted by Gasteiger charge is -2.13. The van der Waals surface area contributed by atoms with Crippen LogP contribution >= 0.6 is 0 Å². The van der Waals surface area contributed by atoms with Gasteiger partial charge in [-0.05, 0) is 38.4 Å². The summed E-state index contributed by atoms with van der Waals surface area (Å²) in [6, 6.07) is 0. The molecule has 0 aromatic heterocycles. The van der Waals surface area contributed by atoms with Crippen LogP contribution in [-0.2, 0) is 9.84 Å². The van der Waals surface area contributed by atoms with E-state index in [1.54, 1.807) is 0 Å². The van der Waals surface area contributed by atoms with E-state index in [0.29, 0.717) is 18.2 Å². The van der Waals surface area contributed by atoms with Crippen LogP contribution in [0.4, 0.5) is 0 Å².